The predicted molar refractivity (Wildman–Crippen MR) is 76.3 cm³/mol. The van der Waals surface area contributed by atoms with Crippen molar-refractivity contribution in [1.29, 1.82) is 0 Å². The molecule has 0 heterocycles. The van der Waals surface area contributed by atoms with Gasteiger partial charge in [-0.1, -0.05) is 12.1 Å². The lowest BCUT2D eigenvalue weighted by Gasteiger charge is -2.15. The molecule has 5 heteroatoms. The summed E-state index contributed by atoms with van der Waals surface area (Å²) in [5, 5.41) is 2.31. The fourth-order valence-corrected chi connectivity index (χ4v) is 1.77. The Morgan fingerprint density at radius 1 is 1.19 bits per heavy atom. The number of nitrogens with one attached hydrogen (secondary N) is 1. The Morgan fingerprint density at radius 3 is 2.67 bits per heavy atom. The number of rotatable bonds is 4. The molecule has 0 saturated heterocycles. The largest absolute Gasteiger partial charge is 0.481 e. The van der Waals surface area contributed by atoms with E-state index in [4.69, 9.17) is 4.74 Å². The summed E-state index contributed by atoms with van der Waals surface area (Å²) in [5.41, 5.74) is 0.788. The van der Waals surface area contributed by atoms with Crippen LogP contribution in [0.2, 0.25) is 0 Å². The lowest BCUT2D eigenvalue weighted by molar-refractivity contribution is -0.122. The zero-order chi connectivity index (χ0) is 15.4. The minimum atomic E-state index is -0.838. The first-order chi connectivity index (χ1) is 9.95. The Kier molecular flexibility index (Phi) is 4.52. The maximum absolute atomic E-state index is 13.5. The highest BCUT2D eigenvalue weighted by Gasteiger charge is 2.17. The SMILES string of the molecule is Cc1cccc(O[C@@H](C)C(=O)Nc2cc(F)ccc2F)c1. The van der Waals surface area contributed by atoms with E-state index in [1.807, 2.05) is 19.1 Å². The molecule has 2 aromatic carbocycles. The van der Waals surface area contributed by atoms with Gasteiger partial charge in [-0.2, -0.15) is 0 Å². The number of aryl methyl sites for hydroxylation is 1. The molecular weight excluding hydrogens is 276 g/mol. The number of hydrogen-bond acceptors (Lipinski definition) is 2. The van der Waals surface area contributed by atoms with Gasteiger partial charge in [0.25, 0.3) is 5.91 Å². The summed E-state index contributed by atoms with van der Waals surface area (Å²) in [6.07, 6.45) is -0.838. The second-order valence-electron chi connectivity index (χ2n) is 4.69. The number of hydrogen-bond donors (Lipinski definition) is 1. The lowest BCUT2D eigenvalue weighted by Crippen LogP contribution is -2.30. The molecule has 3 nitrogen and oxygen atoms in total. The minimum absolute atomic E-state index is 0.209. The molecule has 0 radical (unpaired) electrons. The highest BCUT2D eigenvalue weighted by Crippen LogP contribution is 2.17. The first-order valence-electron chi connectivity index (χ1n) is 6.45. The van der Waals surface area contributed by atoms with Gasteiger partial charge in [-0.05, 0) is 43.7 Å². The number of anilines is 1. The normalized spacial score (nSPS) is 11.8. The summed E-state index contributed by atoms with van der Waals surface area (Å²) in [6, 6.07) is 10.1. The van der Waals surface area contributed by atoms with Gasteiger partial charge in [-0.15, -0.1) is 0 Å². The zero-order valence-electron chi connectivity index (χ0n) is 11.7. The minimum Gasteiger partial charge on any atom is -0.481 e. The fourth-order valence-electron chi connectivity index (χ4n) is 1.77. The third-order valence-electron chi connectivity index (χ3n) is 2.86. The van der Waals surface area contributed by atoms with E-state index in [0.29, 0.717) is 5.75 Å². The van der Waals surface area contributed by atoms with Gasteiger partial charge in [0, 0.05) is 6.07 Å². The summed E-state index contributed by atoms with van der Waals surface area (Å²) in [7, 11) is 0. The summed E-state index contributed by atoms with van der Waals surface area (Å²) >= 11 is 0. The molecule has 0 fully saturated rings. The first-order valence-corrected chi connectivity index (χ1v) is 6.45. The lowest BCUT2D eigenvalue weighted by atomic mass is 10.2. The van der Waals surface area contributed by atoms with Crippen molar-refractivity contribution in [3.8, 4) is 5.75 Å². The van der Waals surface area contributed by atoms with Crippen LogP contribution >= 0.6 is 0 Å². The van der Waals surface area contributed by atoms with Crippen LogP contribution in [0.5, 0.6) is 5.75 Å². The van der Waals surface area contributed by atoms with E-state index in [-0.39, 0.29) is 5.69 Å². The van der Waals surface area contributed by atoms with Crippen molar-refractivity contribution in [1.82, 2.24) is 0 Å². The molecular formula is C16H15F2NO2. The Bertz CT molecular complexity index is 658. The van der Waals surface area contributed by atoms with E-state index in [9.17, 15) is 13.6 Å². The predicted octanol–water partition coefficient (Wildman–Crippen LogP) is 3.68. The van der Waals surface area contributed by atoms with Crippen LogP contribution in [-0.4, -0.2) is 12.0 Å². The molecule has 0 unspecified atom stereocenters. The van der Waals surface area contributed by atoms with E-state index >= 15 is 0 Å². The summed E-state index contributed by atoms with van der Waals surface area (Å²) in [6.45, 7) is 3.44. The number of carbonyl (C=O) groups is 1. The zero-order valence-corrected chi connectivity index (χ0v) is 11.7. The molecule has 1 atom stereocenters. The van der Waals surface area contributed by atoms with Gasteiger partial charge in [0.15, 0.2) is 6.10 Å². The van der Waals surface area contributed by atoms with Crippen LogP contribution in [-0.2, 0) is 4.79 Å². The van der Waals surface area contributed by atoms with E-state index < -0.39 is 23.6 Å². The van der Waals surface area contributed by atoms with Crippen LogP contribution in [0.25, 0.3) is 0 Å². The number of ether oxygens (including phenoxy) is 1. The monoisotopic (exact) mass is 291 g/mol. The van der Waals surface area contributed by atoms with Crippen molar-refractivity contribution < 1.29 is 18.3 Å². The second-order valence-corrected chi connectivity index (χ2v) is 4.69. The van der Waals surface area contributed by atoms with Gasteiger partial charge in [0.1, 0.15) is 17.4 Å². The molecule has 110 valence electrons. The molecule has 1 N–H and O–H groups in total. The average molecular weight is 291 g/mol. The van der Waals surface area contributed by atoms with E-state index in [1.54, 1.807) is 12.1 Å². The van der Waals surface area contributed by atoms with Crippen molar-refractivity contribution in [3.05, 3.63) is 59.7 Å². The van der Waals surface area contributed by atoms with Crippen molar-refractivity contribution >= 4 is 11.6 Å². The Balaban J connectivity index is 2.04. The van der Waals surface area contributed by atoms with Crippen LogP contribution in [0.3, 0.4) is 0 Å². The number of benzene rings is 2. The standard InChI is InChI=1S/C16H15F2NO2/c1-10-4-3-5-13(8-10)21-11(2)16(20)19-15-9-12(17)6-7-14(15)18/h3-9,11H,1-2H3,(H,19,20)/t11-/m0/s1. The molecule has 0 aliphatic rings. The molecule has 2 rings (SSSR count). The Hall–Kier alpha value is -2.43. The highest BCUT2D eigenvalue weighted by atomic mass is 19.1. The third kappa shape index (κ3) is 4.02. The number of carbonyl (C=O) groups excluding carboxylic acids is 1. The second kappa shape index (κ2) is 6.35. The van der Waals surface area contributed by atoms with Gasteiger partial charge < -0.3 is 10.1 Å². The van der Waals surface area contributed by atoms with Crippen LogP contribution in [0.4, 0.5) is 14.5 Å². The molecule has 0 spiro atoms. The Morgan fingerprint density at radius 2 is 1.95 bits per heavy atom. The Labute approximate surface area is 121 Å². The maximum Gasteiger partial charge on any atom is 0.265 e. The number of halogens is 2. The fraction of sp³-hybridized carbons (Fsp3) is 0.188. The molecule has 0 saturated carbocycles. The van der Waals surface area contributed by atoms with Crippen LogP contribution in [0.15, 0.2) is 42.5 Å². The van der Waals surface area contributed by atoms with Crippen molar-refractivity contribution in [2.45, 2.75) is 20.0 Å². The van der Waals surface area contributed by atoms with E-state index in [2.05, 4.69) is 5.32 Å². The summed E-state index contributed by atoms with van der Waals surface area (Å²) in [5.74, 6) is -1.34. The highest BCUT2D eigenvalue weighted by molar-refractivity contribution is 5.94. The molecule has 1 amide bonds. The van der Waals surface area contributed by atoms with E-state index in [0.717, 1.165) is 23.8 Å². The van der Waals surface area contributed by atoms with Crippen LogP contribution < -0.4 is 10.1 Å². The number of amides is 1. The van der Waals surface area contributed by atoms with Gasteiger partial charge in [-0.3, -0.25) is 4.79 Å². The van der Waals surface area contributed by atoms with Gasteiger partial charge in [-0.25, -0.2) is 8.78 Å². The third-order valence-corrected chi connectivity index (χ3v) is 2.86. The summed E-state index contributed by atoms with van der Waals surface area (Å²) in [4.78, 5) is 11.9. The van der Waals surface area contributed by atoms with Gasteiger partial charge in [0.2, 0.25) is 0 Å². The van der Waals surface area contributed by atoms with Crippen molar-refractivity contribution in [3.63, 3.8) is 0 Å². The average Bonchev–Trinajstić information content (AvgIpc) is 2.43. The topological polar surface area (TPSA) is 38.3 Å². The first kappa shape index (κ1) is 15.0. The van der Waals surface area contributed by atoms with Crippen molar-refractivity contribution in [2.24, 2.45) is 0 Å². The molecule has 0 bridgehead atoms. The van der Waals surface area contributed by atoms with Gasteiger partial charge in [0.05, 0.1) is 5.69 Å². The molecule has 0 aliphatic carbocycles. The molecule has 0 aliphatic heterocycles. The smallest absolute Gasteiger partial charge is 0.265 e. The van der Waals surface area contributed by atoms with Gasteiger partial charge >= 0.3 is 0 Å². The van der Waals surface area contributed by atoms with Crippen LogP contribution in [0, 0.1) is 18.6 Å². The molecule has 0 aromatic heterocycles. The quantitative estimate of drug-likeness (QED) is 0.933. The molecule has 2 aromatic rings. The van der Waals surface area contributed by atoms with E-state index in [1.165, 1.54) is 6.92 Å². The van der Waals surface area contributed by atoms with Crippen molar-refractivity contribution in [2.75, 3.05) is 5.32 Å². The summed E-state index contributed by atoms with van der Waals surface area (Å²) < 4.78 is 32.0. The van der Waals surface area contributed by atoms with Crippen LogP contribution in [0.1, 0.15) is 12.5 Å². The molecule has 21 heavy (non-hydrogen) atoms. The maximum atomic E-state index is 13.5.